The molecule has 1 aromatic carbocycles. The van der Waals surface area contributed by atoms with Gasteiger partial charge in [-0.2, -0.15) is 0 Å². The Morgan fingerprint density at radius 3 is 3.05 bits per heavy atom. The van der Waals surface area contributed by atoms with E-state index >= 15 is 0 Å². The van der Waals surface area contributed by atoms with Crippen LogP contribution in [-0.4, -0.2) is 25.0 Å². The molecule has 2 aromatic rings. The number of fused-ring (bicyclic) bond motifs is 1. The maximum absolute atomic E-state index is 3.53. The van der Waals surface area contributed by atoms with Gasteiger partial charge in [0, 0.05) is 46.8 Å². The quantitative estimate of drug-likeness (QED) is 0.901. The van der Waals surface area contributed by atoms with Crippen LogP contribution in [0.3, 0.4) is 0 Å². The lowest BCUT2D eigenvalue weighted by molar-refractivity contribution is 0.296. The molecule has 0 fully saturated rings. The van der Waals surface area contributed by atoms with E-state index < -0.39 is 0 Å². The summed E-state index contributed by atoms with van der Waals surface area (Å²) in [4.78, 5) is 3.84. The Kier molecular flexibility index (Phi) is 4.56. The Balaban J connectivity index is 1.66. The lowest BCUT2D eigenvalue weighted by Gasteiger charge is -2.29. The monoisotopic (exact) mass is 350 g/mol. The van der Waals surface area contributed by atoms with Crippen molar-refractivity contribution < 1.29 is 0 Å². The van der Waals surface area contributed by atoms with Gasteiger partial charge >= 0.3 is 0 Å². The molecular formula is C16H19BrN2S. The molecule has 106 valence electrons. The Morgan fingerprint density at radius 1 is 1.40 bits per heavy atom. The average Bonchev–Trinajstić information content (AvgIpc) is 2.84. The Bertz CT molecular complexity index is 581. The molecule has 1 unspecified atom stereocenters. The lowest BCUT2D eigenvalue weighted by Crippen LogP contribution is -2.35. The van der Waals surface area contributed by atoms with Crippen molar-refractivity contribution in [3.63, 3.8) is 0 Å². The Labute approximate surface area is 132 Å². The summed E-state index contributed by atoms with van der Waals surface area (Å²) in [7, 11) is 2.21. The molecule has 0 bridgehead atoms. The van der Waals surface area contributed by atoms with Crippen molar-refractivity contribution >= 4 is 27.3 Å². The third kappa shape index (κ3) is 3.31. The summed E-state index contributed by atoms with van der Waals surface area (Å²) < 4.78 is 1.19. The van der Waals surface area contributed by atoms with Crippen molar-refractivity contribution in [2.75, 3.05) is 20.1 Å². The highest BCUT2D eigenvalue weighted by Gasteiger charge is 2.20. The van der Waals surface area contributed by atoms with Crippen LogP contribution in [0, 0.1) is 0 Å². The minimum absolute atomic E-state index is 0.591. The van der Waals surface area contributed by atoms with E-state index in [1.807, 2.05) is 11.3 Å². The van der Waals surface area contributed by atoms with Crippen molar-refractivity contribution in [2.45, 2.75) is 19.0 Å². The zero-order valence-corrected chi connectivity index (χ0v) is 14.0. The van der Waals surface area contributed by atoms with E-state index in [1.54, 1.807) is 0 Å². The fourth-order valence-corrected chi connectivity index (χ4v) is 4.42. The minimum Gasteiger partial charge on any atom is -0.312 e. The van der Waals surface area contributed by atoms with Gasteiger partial charge in [0.1, 0.15) is 0 Å². The van der Waals surface area contributed by atoms with Gasteiger partial charge in [0.05, 0.1) is 0 Å². The molecule has 0 radical (unpaired) electrons. The SMILES string of the molecule is CN(Cc1cc(Br)cs1)CC1CNCc2ccccc21. The van der Waals surface area contributed by atoms with Gasteiger partial charge in [0.25, 0.3) is 0 Å². The smallest absolute Gasteiger partial charge is 0.0325 e. The molecule has 1 aliphatic heterocycles. The first-order valence-electron chi connectivity index (χ1n) is 6.92. The van der Waals surface area contributed by atoms with Crippen molar-refractivity contribution in [1.29, 1.82) is 0 Å². The predicted octanol–water partition coefficient (Wildman–Crippen LogP) is 3.83. The van der Waals surface area contributed by atoms with E-state index in [0.29, 0.717) is 5.92 Å². The van der Waals surface area contributed by atoms with Gasteiger partial charge in [-0.3, -0.25) is 0 Å². The number of nitrogens with one attached hydrogen (secondary N) is 1. The van der Waals surface area contributed by atoms with E-state index in [-0.39, 0.29) is 0 Å². The zero-order valence-electron chi connectivity index (χ0n) is 11.6. The summed E-state index contributed by atoms with van der Waals surface area (Å²) in [5.41, 5.74) is 2.97. The maximum atomic E-state index is 3.53. The van der Waals surface area contributed by atoms with Crippen LogP contribution < -0.4 is 5.32 Å². The lowest BCUT2D eigenvalue weighted by atomic mass is 9.90. The second kappa shape index (κ2) is 6.39. The van der Waals surface area contributed by atoms with Crippen molar-refractivity contribution in [1.82, 2.24) is 10.2 Å². The number of benzene rings is 1. The van der Waals surface area contributed by atoms with Crippen LogP contribution in [0.25, 0.3) is 0 Å². The molecule has 0 saturated heterocycles. The highest BCUT2D eigenvalue weighted by atomic mass is 79.9. The number of halogens is 1. The maximum Gasteiger partial charge on any atom is 0.0325 e. The van der Waals surface area contributed by atoms with Gasteiger partial charge < -0.3 is 10.2 Å². The highest BCUT2D eigenvalue weighted by Crippen LogP contribution is 2.26. The molecule has 2 nitrogen and oxygen atoms in total. The summed E-state index contributed by atoms with van der Waals surface area (Å²) in [5, 5.41) is 5.69. The number of nitrogens with zero attached hydrogens (tertiary/aromatic N) is 1. The third-order valence-corrected chi connectivity index (χ3v) is 5.46. The molecule has 0 saturated carbocycles. The number of hydrogen-bond acceptors (Lipinski definition) is 3. The van der Waals surface area contributed by atoms with Crippen LogP contribution in [0.5, 0.6) is 0 Å². The minimum atomic E-state index is 0.591. The zero-order chi connectivity index (χ0) is 13.9. The van der Waals surface area contributed by atoms with Gasteiger partial charge in [-0.25, -0.2) is 0 Å². The number of hydrogen-bond donors (Lipinski definition) is 1. The van der Waals surface area contributed by atoms with Crippen molar-refractivity contribution in [3.05, 3.63) is 56.2 Å². The average molecular weight is 351 g/mol. The van der Waals surface area contributed by atoms with Crippen LogP contribution in [0.1, 0.15) is 21.9 Å². The van der Waals surface area contributed by atoms with E-state index in [0.717, 1.165) is 26.2 Å². The Morgan fingerprint density at radius 2 is 2.25 bits per heavy atom. The molecule has 2 heterocycles. The third-order valence-electron chi connectivity index (χ3n) is 3.78. The van der Waals surface area contributed by atoms with Crippen LogP contribution in [0.2, 0.25) is 0 Å². The van der Waals surface area contributed by atoms with Crippen LogP contribution in [0.15, 0.2) is 40.2 Å². The number of rotatable bonds is 4. The second-order valence-corrected chi connectivity index (χ2v) is 7.37. The molecule has 0 aliphatic carbocycles. The standard InChI is InChI=1S/C16H19BrN2S/c1-19(10-15-6-14(17)11-20-15)9-13-8-18-7-12-4-2-3-5-16(12)13/h2-6,11,13,18H,7-10H2,1H3. The van der Waals surface area contributed by atoms with Gasteiger partial charge in [0.2, 0.25) is 0 Å². The summed E-state index contributed by atoms with van der Waals surface area (Å²) in [6, 6.07) is 11.0. The van der Waals surface area contributed by atoms with Gasteiger partial charge in [0.15, 0.2) is 0 Å². The first kappa shape index (κ1) is 14.3. The van der Waals surface area contributed by atoms with Crippen molar-refractivity contribution in [2.24, 2.45) is 0 Å². The van der Waals surface area contributed by atoms with Gasteiger partial charge in [-0.15, -0.1) is 11.3 Å². The van der Waals surface area contributed by atoms with E-state index in [2.05, 4.69) is 68.9 Å². The van der Waals surface area contributed by atoms with Crippen LogP contribution >= 0.6 is 27.3 Å². The fraction of sp³-hybridized carbons (Fsp3) is 0.375. The summed E-state index contributed by atoms with van der Waals surface area (Å²) in [6.45, 7) is 4.21. The van der Waals surface area contributed by atoms with E-state index in [9.17, 15) is 0 Å². The molecule has 0 spiro atoms. The summed E-state index contributed by atoms with van der Waals surface area (Å²) in [5.74, 6) is 0.591. The summed E-state index contributed by atoms with van der Waals surface area (Å²) >= 11 is 5.35. The van der Waals surface area contributed by atoms with Crippen LogP contribution in [-0.2, 0) is 13.1 Å². The highest BCUT2D eigenvalue weighted by molar-refractivity contribution is 9.10. The van der Waals surface area contributed by atoms with Crippen molar-refractivity contribution in [3.8, 4) is 0 Å². The van der Waals surface area contributed by atoms with Crippen LogP contribution in [0.4, 0.5) is 0 Å². The molecule has 1 aliphatic rings. The number of likely N-dealkylation sites (N-methyl/N-ethyl adjacent to an activating group) is 1. The second-order valence-electron chi connectivity index (χ2n) is 5.45. The predicted molar refractivity (Wildman–Crippen MR) is 89.2 cm³/mol. The molecule has 1 aromatic heterocycles. The normalized spacial score (nSPS) is 18.2. The first-order chi connectivity index (χ1) is 9.72. The van der Waals surface area contributed by atoms with Gasteiger partial charge in [-0.05, 0) is 40.2 Å². The molecule has 1 atom stereocenters. The molecule has 20 heavy (non-hydrogen) atoms. The largest absolute Gasteiger partial charge is 0.312 e. The first-order valence-corrected chi connectivity index (χ1v) is 8.59. The molecule has 3 rings (SSSR count). The molecule has 0 amide bonds. The molecular weight excluding hydrogens is 332 g/mol. The van der Waals surface area contributed by atoms with E-state index in [4.69, 9.17) is 0 Å². The van der Waals surface area contributed by atoms with Gasteiger partial charge in [-0.1, -0.05) is 24.3 Å². The molecule has 1 N–H and O–H groups in total. The summed E-state index contributed by atoms with van der Waals surface area (Å²) in [6.07, 6.45) is 0. The topological polar surface area (TPSA) is 15.3 Å². The molecule has 4 heteroatoms. The number of thiophene rings is 1. The Hall–Kier alpha value is -0.680. The fourth-order valence-electron chi connectivity index (χ4n) is 2.89. The van der Waals surface area contributed by atoms with E-state index in [1.165, 1.54) is 20.5 Å².